The van der Waals surface area contributed by atoms with Gasteiger partial charge in [-0.1, -0.05) is 53.7 Å². The van der Waals surface area contributed by atoms with Gasteiger partial charge in [-0.15, -0.1) is 0 Å². The highest BCUT2D eigenvalue weighted by Crippen LogP contribution is 2.23. The van der Waals surface area contributed by atoms with Gasteiger partial charge in [0.15, 0.2) is 11.5 Å². The molecule has 1 aromatic heterocycles. The SMILES string of the molecule is O=C(Nc1ccccc1CN1CCCC1)c1cc(-c2ccccc2)on1. The van der Waals surface area contributed by atoms with Crippen molar-refractivity contribution in [2.24, 2.45) is 0 Å². The predicted octanol–water partition coefficient (Wildman–Crippen LogP) is 4.19. The summed E-state index contributed by atoms with van der Waals surface area (Å²) in [5.74, 6) is 0.325. The lowest BCUT2D eigenvalue weighted by molar-refractivity contribution is 0.101. The van der Waals surface area contributed by atoms with E-state index in [-0.39, 0.29) is 11.6 Å². The Kier molecular flexibility index (Phi) is 4.80. The number of para-hydroxylation sites is 1. The minimum atomic E-state index is -0.259. The van der Waals surface area contributed by atoms with Gasteiger partial charge < -0.3 is 9.84 Å². The van der Waals surface area contributed by atoms with Crippen molar-refractivity contribution in [3.63, 3.8) is 0 Å². The molecule has 2 aromatic carbocycles. The van der Waals surface area contributed by atoms with Crippen molar-refractivity contribution in [2.45, 2.75) is 19.4 Å². The van der Waals surface area contributed by atoms with Crippen LogP contribution >= 0.6 is 0 Å². The van der Waals surface area contributed by atoms with Gasteiger partial charge in [0.05, 0.1) is 0 Å². The Hall–Kier alpha value is -2.92. The third-order valence-corrected chi connectivity index (χ3v) is 4.66. The summed E-state index contributed by atoms with van der Waals surface area (Å²) in [6, 6.07) is 19.2. The number of hydrogen-bond donors (Lipinski definition) is 1. The lowest BCUT2D eigenvalue weighted by Crippen LogP contribution is -2.20. The van der Waals surface area contributed by atoms with Gasteiger partial charge in [-0.3, -0.25) is 9.69 Å². The number of anilines is 1. The van der Waals surface area contributed by atoms with Gasteiger partial charge in [0.25, 0.3) is 5.91 Å². The number of carbonyl (C=O) groups excluding carboxylic acids is 1. The summed E-state index contributed by atoms with van der Waals surface area (Å²) in [5.41, 5.74) is 3.12. The first-order valence-electron chi connectivity index (χ1n) is 8.93. The van der Waals surface area contributed by atoms with Crippen molar-refractivity contribution in [2.75, 3.05) is 18.4 Å². The first-order valence-corrected chi connectivity index (χ1v) is 8.93. The molecule has 1 aliphatic heterocycles. The lowest BCUT2D eigenvalue weighted by Gasteiger charge is -2.17. The molecule has 0 unspecified atom stereocenters. The maximum absolute atomic E-state index is 12.6. The van der Waals surface area contributed by atoms with Gasteiger partial charge in [0, 0.05) is 23.9 Å². The van der Waals surface area contributed by atoms with Crippen molar-refractivity contribution in [1.82, 2.24) is 10.1 Å². The van der Waals surface area contributed by atoms with E-state index in [1.54, 1.807) is 6.07 Å². The molecule has 0 saturated carbocycles. The molecule has 5 nitrogen and oxygen atoms in total. The van der Waals surface area contributed by atoms with Crippen LogP contribution in [-0.4, -0.2) is 29.1 Å². The van der Waals surface area contributed by atoms with Crippen molar-refractivity contribution in [1.29, 1.82) is 0 Å². The number of hydrogen-bond acceptors (Lipinski definition) is 4. The van der Waals surface area contributed by atoms with E-state index in [0.29, 0.717) is 5.76 Å². The van der Waals surface area contributed by atoms with Gasteiger partial charge in [-0.2, -0.15) is 0 Å². The minimum Gasteiger partial charge on any atom is -0.355 e. The fourth-order valence-corrected chi connectivity index (χ4v) is 3.27. The first kappa shape index (κ1) is 16.5. The molecule has 0 bridgehead atoms. The molecule has 132 valence electrons. The number of aromatic nitrogens is 1. The maximum Gasteiger partial charge on any atom is 0.277 e. The molecule has 26 heavy (non-hydrogen) atoms. The third kappa shape index (κ3) is 3.68. The molecule has 0 radical (unpaired) electrons. The highest BCUT2D eigenvalue weighted by Gasteiger charge is 2.17. The topological polar surface area (TPSA) is 58.4 Å². The second-order valence-corrected chi connectivity index (χ2v) is 6.54. The van der Waals surface area contributed by atoms with Crippen LogP contribution in [0.2, 0.25) is 0 Å². The Morgan fingerprint density at radius 2 is 1.77 bits per heavy atom. The van der Waals surface area contributed by atoms with Crippen LogP contribution in [0.15, 0.2) is 65.2 Å². The molecular weight excluding hydrogens is 326 g/mol. The van der Waals surface area contributed by atoms with Gasteiger partial charge >= 0.3 is 0 Å². The largest absolute Gasteiger partial charge is 0.355 e. The molecule has 0 atom stereocenters. The molecule has 1 fully saturated rings. The normalized spacial score (nSPS) is 14.5. The summed E-state index contributed by atoms with van der Waals surface area (Å²) in [5, 5.41) is 6.90. The Morgan fingerprint density at radius 3 is 2.58 bits per heavy atom. The Morgan fingerprint density at radius 1 is 1.04 bits per heavy atom. The first-order chi connectivity index (χ1) is 12.8. The highest BCUT2D eigenvalue weighted by atomic mass is 16.5. The fraction of sp³-hybridized carbons (Fsp3) is 0.238. The number of benzene rings is 2. The summed E-state index contributed by atoms with van der Waals surface area (Å²) in [7, 11) is 0. The summed E-state index contributed by atoms with van der Waals surface area (Å²) in [6.07, 6.45) is 2.49. The zero-order chi connectivity index (χ0) is 17.8. The molecule has 1 aliphatic rings. The van der Waals surface area contributed by atoms with Crippen LogP contribution in [0.4, 0.5) is 5.69 Å². The number of nitrogens with zero attached hydrogens (tertiary/aromatic N) is 2. The summed E-state index contributed by atoms with van der Waals surface area (Å²) >= 11 is 0. The standard InChI is InChI=1S/C21H21N3O2/c25-21(19-14-20(26-23-19)16-8-2-1-3-9-16)22-18-11-5-4-10-17(18)15-24-12-6-7-13-24/h1-5,8-11,14H,6-7,12-13,15H2,(H,22,25). The second kappa shape index (κ2) is 7.54. The van der Waals surface area contributed by atoms with Crippen LogP contribution < -0.4 is 5.32 Å². The summed E-state index contributed by atoms with van der Waals surface area (Å²) in [4.78, 5) is 15.0. The number of amides is 1. The summed E-state index contributed by atoms with van der Waals surface area (Å²) in [6.45, 7) is 3.09. The molecule has 1 N–H and O–H groups in total. The van der Waals surface area contributed by atoms with Crippen LogP contribution in [0.25, 0.3) is 11.3 Å². The van der Waals surface area contributed by atoms with E-state index in [9.17, 15) is 4.79 Å². The lowest BCUT2D eigenvalue weighted by atomic mass is 10.1. The average molecular weight is 347 g/mol. The zero-order valence-electron chi connectivity index (χ0n) is 14.5. The number of carbonyl (C=O) groups is 1. The van der Waals surface area contributed by atoms with E-state index >= 15 is 0 Å². The molecule has 4 rings (SSSR count). The van der Waals surface area contributed by atoms with Crippen LogP contribution in [0, 0.1) is 0 Å². The number of nitrogens with one attached hydrogen (secondary N) is 1. The van der Waals surface area contributed by atoms with Crippen LogP contribution in [-0.2, 0) is 6.54 Å². The van der Waals surface area contributed by atoms with E-state index in [1.807, 2.05) is 48.5 Å². The third-order valence-electron chi connectivity index (χ3n) is 4.66. The van der Waals surface area contributed by atoms with Crippen LogP contribution in [0.3, 0.4) is 0 Å². The Labute approximate surface area is 152 Å². The fourth-order valence-electron chi connectivity index (χ4n) is 3.27. The quantitative estimate of drug-likeness (QED) is 0.752. The zero-order valence-corrected chi connectivity index (χ0v) is 14.5. The molecule has 1 saturated heterocycles. The molecule has 0 spiro atoms. The molecule has 1 amide bonds. The maximum atomic E-state index is 12.6. The number of likely N-dealkylation sites (tertiary alicyclic amines) is 1. The molecule has 3 aromatic rings. The highest BCUT2D eigenvalue weighted by molar-refractivity contribution is 6.03. The minimum absolute atomic E-state index is 0.259. The van der Waals surface area contributed by atoms with E-state index in [0.717, 1.165) is 36.4 Å². The predicted molar refractivity (Wildman–Crippen MR) is 101 cm³/mol. The van der Waals surface area contributed by atoms with Crippen molar-refractivity contribution < 1.29 is 9.32 Å². The Balaban J connectivity index is 1.49. The average Bonchev–Trinajstić information content (AvgIpc) is 3.36. The van der Waals surface area contributed by atoms with Gasteiger partial charge in [-0.25, -0.2) is 0 Å². The van der Waals surface area contributed by atoms with Crippen molar-refractivity contribution in [3.8, 4) is 11.3 Å². The second-order valence-electron chi connectivity index (χ2n) is 6.54. The summed E-state index contributed by atoms with van der Waals surface area (Å²) < 4.78 is 5.33. The Bertz CT molecular complexity index is 883. The van der Waals surface area contributed by atoms with Gasteiger partial charge in [-0.05, 0) is 37.6 Å². The molecule has 5 heteroatoms. The van der Waals surface area contributed by atoms with E-state index < -0.39 is 0 Å². The van der Waals surface area contributed by atoms with Gasteiger partial charge in [0.1, 0.15) is 0 Å². The monoisotopic (exact) mass is 347 g/mol. The molecule has 0 aliphatic carbocycles. The van der Waals surface area contributed by atoms with E-state index in [2.05, 4.69) is 21.4 Å². The number of rotatable bonds is 5. The van der Waals surface area contributed by atoms with Crippen LogP contribution in [0.5, 0.6) is 0 Å². The van der Waals surface area contributed by atoms with Crippen molar-refractivity contribution in [3.05, 3.63) is 71.9 Å². The molecular formula is C21H21N3O2. The van der Waals surface area contributed by atoms with Gasteiger partial charge in [0.2, 0.25) is 0 Å². The van der Waals surface area contributed by atoms with E-state index in [4.69, 9.17) is 4.52 Å². The van der Waals surface area contributed by atoms with Crippen molar-refractivity contribution >= 4 is 11.6 Å². The molecule has 2 heterocycles. The van der Waals surface area contributed by atoms with Crippen LogP contribution in [0.1, 0.15) is 28.9 Å². The van der Waals surface area contributed by atoms with E-state index in [1.165, 1.54) is 12.8 Å². The smallest absolute Gasteiger partial charge is 0.277 e.